The van der Waals surface area contributed by atoms with Gasteiger partial charge in [-0.15, -0.1) is 0 Å². The number of pyridine rings is 1. The van der Waals surface area contributed by atoms with Crippen LogP contribution >= 0.6 is 0 Å². The molecule has 0 spiro atoms. The molecule has 0 bridgehead atoms. The van der Waals surface area contributed by atoms with E-state index in [1.807, 2.05) is 0 Å². The molecule has 0 fully saturated rings. The third-order valence-corrected chi connectivity index (χ3v) is 12.6. The standard InChI is InChI=1S/C61H39N/c1-2-15-44(16-3-1)58-38-53(49-29-24-40-12-4-7-17-46(40)34-49)39-59(62-58)45-27-22-43(23-28-45)50-32-33-56-57(37-50)61(52-31-26-42-14-6-9-19-48(42)36-52)55-21-11-10-20-54(55)60(56)51-30-25-41-13-5-8-18-47(41)35-51/h1-39H. The van der Waals surface area contributed by atoms with E-state index in [0.717, 1.165) is 33.6 Å². The number of nitrogens with zero attached hydrogens (tertiary/aromatic N) is 1. The van der Waals surface area contributed by atoms with Crippen molar-refractivity contribution in [3.05, 3.63) is 237 Å². The Kier molecular flexibility index (Phi) is 8.57. The molecule has 0 N–H and O–H groups in total. The summed E-state index contributed by atoms with van der Waals surface area (Å²) in [5, 5.41) is 12.4. The van der Waals surface area contributed by atoms with Crippen LogP contribution < -0.4 is 0 Å². The lowest BCUT2D eigenvalue weighted by Gasteiger charge is -2.19. The molecule has 12 rings (SSSR count). The molecule has 1 heterocycles. The molecule has 1 heteroatoms. The maximum absolute atomic E-state index is 5.26. The van der Waals surface area contributed by atoms with Crippen molar-refractivity contribution in [3.63, 3.8) is 0 Å². The topological polar surface area (TPSA) is 12.9 Å². The zero-order chi connectivity index (χ0) is 41.0. The van der Waals surface area contributed by atoms with Crippen LogP contribution in [0.25, 0.3) is 121 Å². The van der Waals surface area contributed by atoms with Gasteiger partial charge in [0.2, 0.25) is 0 Å². The van der Waals surface area contributed by atoms with Crippen molar-refractivity contribution in [3.8, 4) is 67.0 Å². The van der Waals surface area contributed by atoms with Gasteiger partial charge in [0.25, 0.3) is 0 Å². The summed E-state index contributed by atoms with van der Waals surface area (Å²) < 4.78 is 0. The van der Waals surface area contributed by atoms with E-state index in [-0.39, 0.29) is 0 Å². The summed E-state index contributed by atoms with van der Waals surface area (Å²) in [4.78, 5) is 5.26. The van der Waals surface area contributed by atoms with Crippen molar-refractivity contribution in [2.45, 2.75) is 0 Å². The van der Waals surface area contributed by atoms with Crippen molar-refractivity contribution < 1.29 is 0 Å². The molecule has 0 unspecified atom stereocenters. The first-order chi connectivity index (χ1) is 30.7. The van der Waals surface area contributed by atoms with E-state index in [2.05, 4.69) is 237 Å². The lowest BCUT2D eigenvalue weighted by molar-refractivity contribution is 1.32. The van der Waals surface area contributed by atoms with Crippen LogP contribution in [0.4, 0.5) is 0 Å². The fraction of sp³-hybridized carbons (Fsp3) is 0. The molecule has 0 aliphatic carbocycles. The van der Waals surface area contributed by atoms with E-state index >= 15 is 0 Å². The average molecular weight is 786 g/mol. The van der Waals surface area contributed by atoms with Crippen LogP contribution in [0.2, 0.25) is 0 Å². The Morgan fingerprint density at radius 2 is 0.565 bits per heavy atom. The van der Waals surface area contributed by atoms with Crippen LogP contribution in [0.1, 0.15) is 0 Å². The van der Waals surface area contributed by atoms with E-state index in [1.165, 1.54) is 87.2 Å². The Labute approximate surface area is 360 Å². The predicted molar refractivity (Wildman–Crippen MR) is 264 cm³/mol. The van der Waals surface area contributed by atoms with Gasteiger partial charge in [0.15, 0.2) is 0 Å². The van der Waals surface area contributed by atoms with E-state index in [9.17, 15) is 0 Å². The van der Waals surface area contributed by atoms with Crippen LogP contribution in [0, 0.1) is 0 Å². The molecule has 1 aromatic heterocycles. The van der Waals surface area contributed by atoms with E-state index in [4.69, 9.17) is 4.98 Å². The van der Waals surface area contributed by atoms with Crippen LogP contribution in [-0.4, -0.2) is 4.98 Å². The minimum absolute atomic E-state index is 0.949. The first-order valence-electron chi connectivity index (χ1n) is 21.3. The SMILES string of the molecule is c1ccc(-c2cc(-c3ccc4ccccc4c3)cc(-c3ccc(-c4ccc5c(-c6ccc7ccccc7c6)c6ccccc6c(-c6ccc7ccccc7c6)c5c4)cc3)n2)cc1. The van der Waals surface area contributed by atoms with Gasteiger partial charge >= 0.3 is 0 Å². The summed E-state index contributed by atoms with van der Waals surface area (Å²) in [5.41, 5.74) is 13.7. The van der Waals surface area contributed by atoms with Gasteiger partial charge < -0.3 is 0 Å². The highest BCUT2D eigenvalue weighted by atomic mass is 14.7. The van der Waals surface area contributed by atoms with Crippen LogP contribution in [-0.2, 0) is 0 Å². The van der Waals surface area contributed by atoms with Crippen LogP contribution in [0.3, 0.4) is 0 Å². The highest BCUT2D eigenvalue weighted by molar-refractivity contribution is 6.22. The third-order valence-electron chi connectivity index (χ3n) is 12.6. The monoisotopic (exact) mass is 785 g/mol. The Bertz CT molecular complexity index is 3680. The molecule has 0 amide bonds. The summed E-state index contributed by atoms with van der Waals surface area (Å²) in [6.07, 6.45) is 0. The molecular formula is C61H39N. The van der Waals surface area contributed by atoms with Gasteiger partial charge in [-0.2, -0.15) is 0 Å². The zero-order valence-electron chi connectivity index (χ0n) is 34.0. The van der Waals surface area contributed by atoms with E-state index in [1.54, 1.807) is 0 Å². The zero-order valence-corrected chi connectivity index (χ0v) is 34.0. The molecule has 62 heavy (non-hydrogen) atoms. The second-order valence-corrected chi connectivity index (χ2v) is 16.3. The summed E-state index contributed by atoms with van der Waals surface area (Å²) >= 11 is 0. The Balaban J connectivity index is 1.02. The Morgan fingerprint density at radius 3 is 1.13 bits per heavy atom. The first-order valence-corrected chi connectivity index (χ1v) is 21.3. The van der Waals surface area contributed by atoms with Gasteiger partial charge in [0.1, 0.15) is 0 Å². The van der Waals surface area contributed by atoms with Crippen molar-refractivity contribution in [1.82, 2.24) is 4.98 Å². The highest BCUT2D eigenvalue weighted by Gasteiger charge is 2.19. The van der Waals surface area contributed by atoms with Gasteiger partial charge in [-0.25, -0.2) is 4.98 Å². The maximum atomic E-state index is 5.26. The maximum Gasteiger partial charge on any atom is 0.0715 e. The lowest BCUT2D eigenvalue weighted by atomic mass is 9.84. The summed E-state index contributed by atoms with van der Waals surface area (Å²) in [6.45, 7) is 0. The first kappa shape index (κ1) is 35.8. The lowest BCUT2D eigenvalue weighted by Crippen LogP contribution is -1.93. The minimum atomic E-state index is 0.949. The molecule has 0 atom stereocenters. The molecule has 0 saturated heterocycles. The van der Waals surface area contributed by atoms with Crippen molar-refractivity contribution in [1.29, 1.82) is 0 Å². The van der Waals surface area contributed by atoms with Crippen molar-refractivity contribution >= 4 is 53.9 Å². The van der Waals surface area contributed by atoms with Gasteiger partial charge in [-0.1, -0.05) is 200 Å². The molecule has 0 radical (unpaired) electrons. The molecule has 0 aliphatic rings. The van der Waals surface area contributed by atoms with Gasteiger partial charge in [0.05, 0.1) is 11.4 Å². The highest BCUT2D eigenvalue weighted by Crippen LogP contribution is 2.46. The van der Waals surface area contributed by atoms with E-state index < -0.39 is 0 Å². The molecule has 1 nitrogen and oxygen atoms in total. The average Bonchev–Trinajstić information content (AvgIpc) is 3.35. The smallest absolute Gasteiger partial charge is 0.0715 e. The molecule has 0 saturated carbocycles. The minimum Gasteiger partial charge on any atom is -0.248 e. The van der Waals surface area contributed by atoms with Gasteiger partial charge in [0, 0.05) is 11.1 Å². The largest absolute Gasteiger partial charge is 0.248 e. The molecular weight excluding hydrogens is 747 g/mol. The molecule has 11 aromatic carbocycles. The fourth-order valence-electron chi connectivity index (χ4n) is 9.47. The number of rotatable bonds is 6. The van der Waals surface area contributed by atoms with Gasteiger partial charge in [-0.3, -0.25) is 0 Å². The second kappa shape index (κ2) is 14.9. The van der Waals surface area contributed by atoms with Crippen molar-refractivity contribution in [2.75, 3.05) is 0 Å². The second-order valence-electron chi connectivity index (χ2n) is 16.3. The fourth-order valence-corrected chi connectivity index (χ4v) is 9.47. The third kappa shape index (κ3) is 6.31. The summed E-state index contributed by atoms with van der Waals surface area (Å²) in [6, 6.07) is 86.3. The Hall–Kier alpha value is -8.13. The molecule has 12 aromatic rings. The number of aromatic nitrogens is 1. The summed E-state index contributed by atoms with van der Waals surface area (Å²) in [7, 11) is 0. The van der Waals surface area contributed by atoms with Crippen LogP contribution in [0.5, 0.6) is 0 Å². The normalized spacial score (nSPS) is 11.5. The number of hydrogen-bond acceptors (Lipinski definition) is 1. The predicted octanol–water partition coefficient (Wildman–Crippen LogP) is 16.8. The summed E-state index contributed by atoms with van der Waals surface area (Å²) in [5.74, 6) is 0. The quantitative estimate of drug-likeness (QED) is 0.153. The van der Waals surface area contributed by atoms with Crippen LogP contribution in [0.15, 0.2) is 237 Å². The number of benzene rings is 11. The number of fused-ring (bicyclic) bond motifs is 5. The van der Waals surface area contributed by atoms with E-state index in [0.29, 0.717) is 0 Å². The van der Waals surface area contributed by atoms with Crippen molar-refractivity contribution in [2.24, 2.45) is 0 Å². The Morgan fingerprint density at radius 1 is 0.194 bits per heavy atom. The van der Waals surface area contributed by atoms with Gasteiger partial charge in [-0.05, 0) is 135 Å². The molecule has 0 aliphatic heterocycles. The molecule has 288 valence electrons. The number of hydrogen-bond donors (Lipinski definition) is 0.